The molecule has 144 valence electrons. The molecule has 0 bridgehead atoms. The van der Waals surface area contributed by atoms with E-state index >= 15 is 0 Å². The Bertz CT molecular complexity index is 681. The van der Waals surface area contributed by atoms with Crippen molar-refractivity contribution in [1.29, 1.82) is 5.41 Å². The first-order valence-corrected chi connectivity index (χ1v) is 9.25. The second-order valence-corrected chi connectivity index (χ2v) is 7.64. The summed E-state index contributed by atoms with van der Waals surface area (Å²) in [6, 6.07) is 0.410. The molecule has 0 radical (unpaired) electrons. The molecular formula is C19H31N5O2. The van der Waals surface area contributed by atoms with E-state index in [2.05, 4.69) is 20.9 Å². The number of allylic oxidation sites excluding steroid dienone is 2. The number of hydrogen-bond acceptors (Lipinski definition) is 4. The first-order valence-electron chi connectivity index (χ1n) is 9.25. The van der Waals surface area contributed by atoms with Gasteiger partial charge in [-0.2, -0.15) is 0 Å². The Morgan fingerprint density at radius 3 is 2.65 bits per heavy atom. The number of carbonyl (C=O) groups is 1. The number of alkyl carbamates (subject to hydrolysis) is 1. The molecule has 4 N–H and O–H groups in total. The van der Waals surface area contributed by atoms with Crippen molar-refractivity contribution in [2.45, 2.75) is 71.4 Å². The van der Waals surface area contributed by atoms with Gasteiger partial charge in [0.1, 0.15) is 23.0 Å². The maximum atomic E-state index is 11.8. The molecule has 1 aliphatic rings. The molecule has 1 aromatic heterocycles. The highest BCUT2D eigenvalue weighted by Crippen LogP contribution is 2.35. The molecule has 0 unspecified atom stereocenters. The van der Waals surface area contributed by atoms with Gasteiger partial charge in [-0.3, -0.25) is 5.41 Å². The molecule has 1 fully saturated rings. The first kappa shape index (κ1) is 20.0. The van der Waals surface area contributed by atoms with Crippen LogP contribution in [0.2, 0.25) is 0 Å². The molecule has 1 heterocycles. The van der Waals surface area contributed by atoms with E-state index in [0.717, 1.165) is 24.4 Å². The largest absolute Gasteiger partial charge is 0.444 e. The Balaban J connectivity index is 2.16. The first-order chi connectivity index (χ1) is 12.2. The van der Waals surface area contributed by atoms with Crippen molar-refractivity contribution in [2.24, 2.45) is 5.73 Å². The van der Waals surface area contributed by atoms with Crippen LogP contribution in [-0.2, 0) is 17.6 Å². The number of carbonyl (C=O) groups excluding carboxylic acids is 1. The molecule has 0 atom stereocenters. The number of imidazole rings is 1. The molecular weight excluding hydrogens is 330 g/mol. The summed E-state index contributed by atoms with van der Waals surface area (Å²) >= 11 is 0. The van der Waals surface area contributed by atoms with Gasteiger partial charge < -0.3 is 20.4 Å². The fourth-order valence-electron chi connectivity index (χ4n) is 3.00. The van der Waals surface area contributed by atoms with E-state index in [9.17, 15) is 4.79 Å². The normalized spacial score (nSPS) is 15.1. The van der Waals surface area contributed by atoms with Crippen LogP contribution in [0, 0.1) is 5.41 Å². The van der Waals surface area contributed by atoms with Gasteiger partial charge in [-0.25, -0.2) is 9.78 Å². The molecule has 0 aromatic carbocycles. The van der Waals surface area contributed by atoms with Crippen molar-refractivity contribution in [3.05, 3.63) is 29.4 Å². The maximum Gasteiger partial charge on any atom is 0.407 e. The number of rotatable bonds is 7. The summed E-state index contributed by atoms with van der Waals surface area (Å²) < 4.78 is 7.50. The molecule has 7 heteroatoms. The lowest BCUT2D eigenvalue weighted by atomic mass is 9.92. The summed E-state index contributed by atoms with van der Waals surface area (Å²) in [6.07, 6.45) is 8.33. The molecule has 1 saturated carbocycles. The van der Waals surface area contributed by atoms with E-state index < -0.39 is 11.7 Å². The van der Waals surface area contributed by atoms with Crippen LogP contribution in [0.3, 0.4) is 0 Å². The van der Waals surface area contributed by atoms with Crippen LogP contribution < -0.4 is 11.1 Å². The third-order valence-corrected chi connectivity index (χ3v) is 4.34. The Hall–Kier alpha value is -2.31. The van der Waals surface area contributed by atoms with Gasteiger partial charge in [0, 0.05) is 25.4 Å². The fraction of sp³-hybridized carbons (Fsp3) is 0.632. The zero-order chi connectivity index (χ0) is 19.3. The van der Waals surface area contributed by atoms with Crippen LogP contribution in [-0.4, -0.2) is 33.6 Å². The molecule has 1 amide bonds. The van der Waals surface area contributed by atoms with Crippen molar-refractivity contribution >= 4 is 11.9 Å². The minimum Gasteiger partial charge on any atom is -0.444 e. The second-order valence-electron chi connectivity index (χ2n) is 7.64. The topological polar surface area (TPSA) is 106 Å². The van der Waals surface area contributed by atoms with Crippen LogP contribution in [0.1, 0.15) is 70.2 Å². The van der Waals surface area contributed by atoms with Crippen LogP contribution in [0.15, 0.2) is 12.2 Å². The maximum absolute atomic E-state index is 11.8. The number of nitrogen functional groups attached to an aromatic ring is 1. The number of nitrogens with zero attached hydrogens (tertiary/aromatic N) is 2. The SMILES string of the molecule is C/C=C\Cc1c(C(=N)N)nc(CCNC(=O)OC(C)(C)C)n1C1CCC1. The average Bonchev–Trinajstić information content (AvgIpc) is 2.80. The molecule has 1 aromatic rings. The van der Waals surface area contributed by atoms with Crippen LogP contribution in [0.25, 0.3) is 0 Å². The molecule has 0 spiro atoms. The van der Waals surface area contributed by atoms with E-state index in [-0.39, 0.29) is 5.84 Å². The number of amides is 1. The summed E-state index contributed by atoms with van der Waals surface area (Å²) in [5, 5.41) is 10.6. The molecule has 1 aliphatic carbocycles. The smallest absolute Gasteiger partial charge is 0.407 e. The lowest BCUT2D eigenvalue weighted by Gasteiger charge is -2.30. The zero-order valence-corrected chi connectivity index (χ0v) is 16.3. The van der Waals surface area contributed by atoms with E-state index in [4.69, 9.17) is 15.9 Å². The van der Waals surface area contributed by atoms with Crippen molar-refractivity contribution in [2.75, 3.05) is 6.54 Å². The molecule has 26 heavy (non-hydrogen) atoms. The number of amidine groups is 1. The summed E-state index contributed by atoms with van der Waals surface area (Å²) in [5.41, 5.74) is 6.80. The van der Waals surface area contributed by atoms with Crippen molar-refractivity contribution in [3.8, 4) is 0 Å². The fourth-order valence-corrected chi connectivity index (χ4v) is 3.00. The predicted molar refractivity (Wildman–Crippen MR) is 103 cm³/mol. The number of hydrogen-bond donors (Lipinski definition) is 3. The van der Waals surface area contributed by atoms with Crippen LogP contribution in [0.4, 0.5) is 4.79 Å². The Labute approximate surface area is 155 Å². The summed E-state index contributed by atoms with van der Waals surface area (Å²) in [7, 11) is 0. The second kappa shape index (κ2) is 8.38. The predicted octanol–water partition coefficient (Wildman–Crippen LogP) is 3.08. The number of aromatic nitrogens is 2. The third-order valence-electron chi connectivity index (χ3n) is 4.34. The number of nitrogens with one attached hydrogen (secondary N) is 2. The quantitative estimate of drug-likeness (QED) is 0.394. The highest BCUT2D eigenvalue weighted by atomic mass is 16.6. The van der Waals surface area contributed by atoms with Gasteiger partial charge >= 0.3 is 6.09 Å². The minimum absolute atomic E-state index is 0.0103. The minimum atomic E-state index is -0.518. The number of nitrogens with two attached hydrogens (primary N) is 1. The third kappa shape index (κ3) is 5.09. The highest BCUT2D eigenvalue weighted by Gasteiger charge is 2.27. The Morgan fingerprint density at radius 1 is 1.46 bits per heavy atom. The van der Waals surface area contributed by atoms with Crippen molar-refractivity contribution in [1.82, 2.24) is 14.9 Å². The Morgan fingerprint density at radius 2 is 2.15 bits per heavy atom. The highest BCUT2D eigenvalue weighted by molar-refractivity contribution is 5.94. The van der Waals surface area contributed by atoms with Crippen molar-refractivity contribution in [3.63, 3.8) is 0 Å². The standard InChI is InChI=1S/C19H31N5O2/c1-5-6-10-14-16(17(20)21)23-15(24(14)13-8-7-9-13)11-12-22-18(25)26-19(2,3)4/h5-6,13H,7-12H2,1-4H3,(H3,20,21)(H,22,25)/b6-5-. The average molecular weight is 361 g/mol. The summed E-state index contributed by atoms with van der Waals surface area (Å²) in [5.74, 6) is 0.861. The number of ether oxygens (including phenoxy) is 1. The van der Waals surface area contributed by atoms with Gasteiger partial charge in [0.25, 0.3) is 0 Å². The van der Waals surface area contributed by atoms with Crippen LogP contribution in [0.5, 0.6) is 0 Å². The molecule has 0 aliphatic heterocycles. The molecule has 0 saturated heterocycles. The molecule has 2 rings (SSSR count). The van der Waals surface area contributed by atoms with Gasteiger partial charge in [0.15, 0.2) is 0 Å². The van der Waals surface area contributed by atoms with E-state index in [1.807, 2.05) is 33.8 Å². The Kier molecular flexibility index (Phi) is 6.45. The van der Waals surface area contributed by atoms with Gasteiger partial charge in [0.2, 0.25) is 0 Å². The summed E-state index contributed by atoms with van der Waals surface area (Å²) in [6.45, 7) is 7.91. The lowest BCUT2D eigenvalue weighted by molar-refractivity contribution is 0.0528. The lowest BCUT2D eigenvalue weighted by Crippen LogP contribution is -2.34. The molecule has 7 nitrogen and oxygen atoms in total. The zero-order valence-electron chi connectivity index (χ0n) is 16.3. The van der Waals surface area contributed by atoms with Gasteiger partial charge in [-0.05, 0) is 47.0 Å². The summed E-state index contributed by atoms with van der Waals surface area (Å²) in [4.78, 5) is 16.5. The van der Waals surface area contributed by atoms with Gasteiger partial charge in [-0.15, -0.1) is 0 Å². The van der Waals surface area contributed by atoms with E-state index in [0.29, 0.717) is 31.1 Å². The van der Waals surface area contributed by atoms with Gasteiger partial charge in [0.05, 0.1) is 5.69 Å². The van der Waals surface area contributed by atoms with Gasteiger partial charge in [-0.1, -0.05) is 12.2 Å². The van der Waals surface area contributed by atoms with Crippen LogP contribution >= 0.6 is 0 Å². The van der Waals surface area contributed by atoms with E-state index in [1.54, 1.807) is 0 Å². The monoisotopic (exact) mass is 361 g/mol. The van der Waals surface area contributed by atoms with Crippen molar-refractivity contribution < 1.29 is 9.53 Å². The van der Waals surface area contributed by atoms with E-state index in [1.165, 1.54) is 6.42 Å².